The summed E-state index contributed by atoms with van der Waals surface area (Å²) in [5.74, 6) is 0.370. The molecule has 2 aromatic rings. The summed E-state index contributed by atoms with van der Waals surface area (Å²) in [5, 5.41) is 0.790. The maximum Gasteiger partial charge on any atom is 0.233 e. The van der Waals surface area contributed by atoms with Gasteiger partial charge in [-0.2, -0.15) is 0 Å². The molecule has 0 aliphatic heterocycles. The lowest BCUT2D eigenvalue weighted by molar-refractivity contribution is -0.127. The summed E-state index contributed by atoms with van der Waals surface area (Å²) in [6, 6.07) is 7.95. The van der Waals surface area contributed by atoms with Crippen LogP contribution in [0.1, 0.15) is 0 Å². The highest BCUT2D eigenvalue weighted by molar-refractivity contribution is 9.10. The normalized spacial score (nSPS) is 10.3. The van der Waals surface area contributed by atoms with Crippen molar-refractivity contribution in [2.24, 2.45) is 0 Å². The van der Waals surface area contributed by atoms with E-state index in [1.807, 2.05) is 35.0 Å². The molecule has 1 aromatic heterocycles. The van der Waals surface area contributed by atoms with Crippen molar-refractivity contribution in [3.63, 3.8) is 0 Å². The number of hydrogen-bond donors (Lipinski definition) is 0. The van der Waals surface area contributed by atoms with Gasteiger partial charge in [-0.05, 0) is 24.3 Å². The third-order valence-corrected chi connectivity index (χ3v) is 4.57. The van der Waals surface area contributed by atoms with Gasteiger partial charge in [0.2, 0.25) is 5.91 Å². The summed E-state index contributed by atoms with van der Waals surface area (Å²) < 4.78 is 2.99. The molecule has 0 spiro atoms. The van der Waals surface area contributed by atoms with Crippen molar-refractivity contribution in [1.82, 2.24) is 14.5 Å². The molecule has 6 heteroatoms. The first-order valence-corrected chi connectivity index (χ1v) is 8.85. The summed E-state index contributed by atoms with van der Waals surface area (Å²) in [6.07, 6.45) is 7.06. The van der Waals surface area contributed by atoms with Gasteiger partial charge in [0.1, 0.15) is 0 Å². The lowest BCUT2D eigenvalue weighted by atomic mass is 10.3. The lowest BCUT2D eigenvalue weighted by Crippen LogP contribution is -2.32. The average molecular weight is 392 g/mol. The number of rotatable bonds is 8. The average Bonchev–Trinajstić information content (AvgIpc) is 3.01. The molecular formula is C17H18BrN3OS. The Hall–Kier alpha value is -1.79. The molecule has 0 N–H and O–H groups in total. The summed E-state index contributed by atoms with van der Waals surface area (Å²) in [5.41, 5.74) is 1.01. The van der Waals surface area contributed by atoms with E-state index in [0.717, 1.165) is 15.3 Å². The summed E-state index contributed by atoms with van der Waals surface area (Å²) in [4.78, 5) is 18.3. The Balaban J connectivity index is 2.05. The second-order valence-corrected chi connectivity index (χ2v) is 6.58. The Morgan fingerprint density at radius 2 is 1.91 bits per heavy atom. The van der Waals surface area contributed by atoms with Gasteiger partial charge in [0.25, 0.3) is 0 Å². The number of amides is 1. The SMILES string of the molecule is C=CCN(CC=C)C(=O)CSc1nccn1-c1ccc(Br)cc1. The van der Waals surface area contributed by atoms with Gasteiger partial charge in [0.05, 0.1) is 5.75 Å². The van der Waals surface area contributed by atoms with Crippen molar-refractivity contribution in [1.29, 1.82) is 0 Å². The number of hydrogen-bond acceptors (Lipinski definition) is 3. The highest BCUT2D eigenvalue weighted by Gasteiger charge is 2.13. The zero-order chi connectivity index (χ0) is 16.7. The third-order valence-electron chi connectivity index (χ3n) is 3.09. The van der Waals surface area contributed by atoms with E-state index in [9.17, 15) is 4.79 Å². The number of nitrogens with zero attached hydrogens (tertiary/aromatic N) is 3. The molecule has 0 aliphatic rings. The molecule has 1 amide bonds. The predicted octanol–water partition coefficient (Wildman–Crippen LogP) is 3.93. The van der Waals surface area contributed by atoms with Gasteiger partial charge in [0, 0.05) is 35.6 Å². The molecule has 0 saturated carbocycles. The molecule has 0 fully saturated rings. The van der Waals surface area contributed by atoms with Crippen LogP contribution >= 0.6 is 27.7 Å². The monoisotopic (exact) mass is 391 g/mol. The Kier molecular flexibility index (Phi) is 6.67. The van der Waals surface area contributed by atoms with Crippen LogP contribution in [0.4, 0.5) is 0 Å². The van der Waals surface area contributed by atoms with Crippen molar-refractivity contribution >= 4 is 33.6 Å². The fourth-order valence-corrected chi connectivity index (χ4v) is 3.14. The van der Waals surface area contributed by atoms with Crippen molar-refractivity contribution in [2.45, 2.75) is 5.16 Å². The van der Waals surface area contributed by atoms with Crippen molar-refractivity contribution in [3.05, 3.63) is 66.4 Å². The zero-order valence-corrected chi connectivity index (χ0v) is 15.1. The minimum Gasteiger partial charge on any atom is -0.335 e. The molecule has 0 atom stereocenters. The van der Waals surface area contributed by atoms with Crippen LogP contribution in [0.2, 0.25) is 0 Å². The minimum absolute atomic E-state index is 0.0418. The van der Waals surface area contributed by atoms with Gasteiger partial charge in [-0.3, -0.25) is 9.36 Å². The first kappa shape index (κ1) is 17.6. The molecule has 1 heterocycles. The first-order valence-electron chi connectivity index (χ1n) is 7.07. The van der Waals surface area contributed by atoms with Crippen LogP contribution in [0, 0.1) is 0 Å². The highest BCUT2D eigenvalue weighted by atomic mass is 79.9. The van der Waals surface area contributed by atoms with Crippen LogP contribution in [0.5, 0.6) is 0 Å². The van der Waals surface area contributed by atoms with E-state index in [1.165, 1.54) is 11.8 Å². The van der Waals surface area contributed by atoms with Crippen LogP contribution in [0.3, 0.4) is 0 Å². The quantitative estimate of drug-likeness (QED) is 0.505. The summed E-state index contributed by atoms with van der Waals surface area (Å²) in [6.45, 7) is 8.40. The molecule has 0 saturated heterocycles. The fourth-order valence-electron chi connectivity index (χ4n) is 2.00. The van der Waals surface area contributed by atoms with Crippen LogP contribution in [-0.4, -0.2) is 39.2 Å². The van der Waals surface area contributed by atoms with Gasteiger partial charge in [-0.1, -0.05) is 39.8 Å². The molecule has 23 heavy (non-hydrogen) atoms. The second kappa shape index (κ2) is 8.74. The number of thioether (sulfide) groups is 1. The number of benzene rings is 1. The van der Waals surface area contributed by atoms with Crippen LogP contribution in [0.15, 0.2) is 71.6 Å². The molecule has 0 bridgehead atoms. The summed E-state index contributed by atoms with van der Waals surface area (Å²) in [7, 11) is 0. The van der Waals surface area contributed by atoms with Crippen molar-refractivity contribution < 1.29 is 4.79 Å². The third kappa shape index (κ3) is 4.84. The number of imidazole rings is 1. The molecule has 1 aromatic carbocycles. The van der Waals surface area contributed by atoms with E-state index in [0.29, 0.717) is 18.8 Å². The second-order valence-electron chi connectivity index (χ2n) is 4.72. The summed E-state index contributed by atoms with van der Waals surface area (Å²) >= 11 is 4.85. The smallest absolute Gasteiger partial charge is 0.233 e. The molecule has 0 aliphatic carbocycles. The molecule has 4 nitrogen and oxygen atoms in total. The van der Waals surface area contributed by atoms with Crippen LogP contribution in [0.25, 0.3) is 5.69 Å². The largest absolute Gasteiger partial charge is 0.335 e. The van der Waals surface area contributed by atoms with E-state index in [1.54, 1.807) is 23.2 Å². The van der Waals surface area contributed by atoms with E-state index in [4.69, 9.17) is 0 Å². The van der Waals surface area contributed by atoms with Crippen LogP contribution < -0.4 is 0 Å². The minimum atomic E-state index is 0.0418. The molecular weight excluding hydrogens is 374 g/mol. The maximum absolute atomic E-state index is 12.3. The van der Waals surface area contributed by atoms with Crippen molar-refractivity contribution in [3.8, 4) is 5.69 Å². The lowest BCUT2D eigenvalue weighted by Gasteiger charge is -2.18. The topological polar surface area (TPSA) is 38.1 Å². The highest BCUT2D eigenvalue weighted by Crippen LogP contribution is 2.22. The van der Waals surface area contributed by atoms with Gasteiger partial charge in [0.15, 0.2) is 5.16 Å². The Morgan fingerprint density at radius 1 is 1.26 bits per heavy atom. The number of aromatic nitrogens is 2. The predicted molar refractivity (Wildman–Crippen MR) is 99.0 cm³/mol. The van der Waals surface area contributed by atoms with E-state index in [-0.39, 0.29) is 5.91 Å². The van der Waals surface area contributed by atoms with E-state index < -0.39 is 0 Å². The van der Waals surface area contributed by atoms with Crippen molar-refractivity contribution in [2.75, 3.05) is 18.8 Å². The standard InChI is InChI=1S/C17H18BrN3OS/c1-3-10-20(11-4-2)16(22)13-23-17-19-9-12-21(17)15-7-5-14(18)6-8-15/h3-9,12H,1-2,10-11,13H2. The molecule has 120 valence electrons. The first-order chi connectivity index (χ1) is 11.2. The Labute approximate surface area is 149 Å². The number of carbonyl (C=O) groups excluding carboxylic acids is 1. The van der Waals surface area contributed by atoms with E-state index in [2.05, 4.69) is 34.1 Å². The fraction of sp³-hybridized carbons (Fsp3) is 0.176. The van der Waals surface area contributed by atoms with Gasteiger partial charge >= 0.3 is 0 Å². The maximum atomic E-state index is 12.3. The number of halogens is 1. The Bertz CT molecular complexity index is 671. The molecule has 2 rings (SSSR count). The molecule has 0 radical (unpaired) electrons. The van der Waals surface area contributed by atoms with Crippen LogP contribution in [-0.2, 0) is 4.79 Å². The zero-order valence-electron chi connectivity index (χ0n) is 12.7. The van der Waals surface area contributed by atoms with Gasteiger partial charge < -0.3 is 4.90 Å². The number of carbonyl (C=O) groups is 1. The van der Waals surface area contributed by atoms with Gasteiger partial charge in [-0.25, -0.2) is 4.98 Å². The Morgan fingerprint density at radius 3 is 2.52 bits per heavy atom. The van der Waals surface area contributed by atoms with E-state index >= 15 is 0 Å². The molecule has 0 unspecified atom stereocenters. The van der Waals surface area contributed by atoms with Gasteiger partial charge in [-0.15, -0.1) is 13.2 Å².